The van der Waals surface area contributed by atoms with Crippen LogP contribution in [0.1, 0.15) is 12.5 Å². The molecule has 0 fully saturated rings. The molecule has 0 spiro atoms. The summed E-state index contributed by atoms with van der Waals surface area (Å²) >= 11 is 0. The molecule has 1 amide bonds. The van der Waals surface area contributed by atoms with E-state index in [0.29, 0.717) is 0 Å². The molecule has 20 heavy (non-hydrogen) atoms. The summed E-state index contributed by atoms with van der Waals surface area (Å²) in [5, 5.41) is 10.9. The van der Waals surface area contributed by atoms with Gasteiger partial charge in [0.25, 0.3) is 0 Å². The van der Waals surface area contributed by atoms with Crippen LogP contribution in [0.3, 0.4) is 0 Å². The number of rotatable bonds is 6. The highest BCUT2D eigenvalue weighted by atomic mass is 32.2. The van der Waals surface area contributed by atoms with Crippen LogP contribution < -0.4 is 5.32 Å². The van der Waals surface area contributed by atoms with E-state index < -0.39 is 45.1 Å². The fourth-order valence-electron chi connectivity index (χ4n) is 1.59. The van der Waals surface area contributed by atoms with Gasteiger partial charge in [0, 0.05) is 12.5 Å². The first-order valence-corrected chi connectivity index (χ1v) is 7.47. The fraction of sp³-hybridized carbons (Fsp3) is 0.333. The van der Waals surface area contributed by atoms with Crippen molar-refractivity contribution in [3.05, 3.63) is 35.6 Å². The van der Waals surface area contributed by atoms with Gasteiger partial charge in [-0.3, -0.25) is 4.79 Å². The minimum absolute atomic E-state index is 0.0422. The first-order chi connectivity index (χ1) is 9.21. The maximum atomic E-state index is 13.4. The van der Waals surface area contributed by atoms with Crippen molar-refractivity contribution in [1.29, 1.82) is 0 Å². The number of carbonyl (C=O) groups excluding carboxylic acids is 1. The Kier molecular flexibility index (Phi) is 5.20. The fourth-order valence-corrected chi connectivity index (χ4v) is 3.14. The molecule has 0 aromatic heterocycles. The summed E-state index contributed by atoms with van der Waals surface area (Å²) in [4.78, 5) is 21.7. The van der Waals surface area contributed by atoms with Gasteiger partial charge in [-0.2, -0.15) is 0 Å². The Morgan fingerprint density at radius 1 is 1.35 bits per heavy atom. The number of amides is 1. The molecule has 8 heteroatoms. The summed E-state index contributed by atoms with van der Waals surface area (Å²) in [5.41, 5.74) is -0.0422. The van der Waals surface area contributed by atoms with Gasteiger partial charge in [-0.1, -0.05) is 18.2 Å². The lowest BCUT2D eigenvalue weighted by Crippen LogP contribution is -2.44. The van der Waals surface area contributed by atoms with Gasteiger partial charge in [0.15, 0.2) is 9.84 Å². The lowest BCUT2D eigenvalue weighted by Gasteiger charge is -2.13. The maximum Gasteiger partial charge on any atom is 0.327 e. The predicted molar refractivity (Wildman–Crippen MR) is 69.1 cm³/mol. The van der Waals surface area contributed by atoms with Gasteiger partial charge >= 0.3 is 5.97 Å². The van der Waals surface area contributed by atoms with Crippen LogP contribution in [0.5, 0.6) is 0 Å². The number of carbonyl (C=O) groups is 2. The van der Waals surface area contributed by atoms with E-state index >= 15 is 0 Å². The van der Waals surface area contributed by atoms with Crippen LogP contribution >= 0.6 is 0 Å². The van der Waals surface area contributed by atoms with Crippen molar-refractivity contribution in [2.45, 2.75) is 18.7 Å². The minimum atomic E-state index is -3.88. The Bertz CT molecular complexity index is 614. The average Bonchev–Trinajstić information content (AvgIpc) is 2.30. The smallest absolute Gasteiger partial charge is 0.327 e. The molecule has 0 radical (unpaired) electrons. The molecule has 0 saturated carbocycles. The van der Waals surface area contributed by atoms with Crippen molar-refractivity contribution in [2.24, 2.45) is 0 Å². The number of benzene rings is 1. The van der Waals surface area contributed by atoms with Crippen molar-refractivity contribution >= 4 is 21.7 Å². The largest absolute Gasteiger partial charge is 0.480 e. The zero-order chi connectivity index (χ0) is 15.3. The standard InChI is InChI=1S/C12H14FNO5S/c1-8(15)14-11(12(16)17)7-20(18,19)6-9-4-2-3-5-10(9)13/h2-5,11H,6-7H2,1H3,(H,14,15)(H,16,17). The zero-order valence-corrected chi connectivity index (χ0v) is 11.5. The third kappa shape index (κ3) is 4.96. The Hall–Kier alpha value is -1.96. The lowest BCUT2D eigenvalue weighted by atomic mass is 10.2. The highest BCUT2D eigenvalue weighted by Crippen LogP contribution is 2.12. The third-order valence-corrected chi connectivity index (χ3v) is 4.02. The zero-order valence-electron chi connectivity index (χ0n) is 10.7. The SMILES string of the molecule is CC(=O)NC(CS(=O)(=O)Cc1ccccc1F)C(=O)O. The molecule has 0 aliphatic heterocycles. The second-order valence-electron chi connectivity index (χ2n) is 4.24. The predicted octanol–water partition coefficient (Wildman–Crippen LogP) is 0.330. The van der Waals surface area contributed by atoms with E-state index in [0.717, 1.165) is 13.0 Å². The van der Waals surface area contributed by atoms with Gasteiger partial charge in [0.1, 0.15) is 11.9 Å². The quantitative estimate of drug-likeness (QED) is 0.788. The molecule has 6 nitrogen and oxygen atoms in total. The van der Waals surface area contributed by atoms with Gasteiger partial charge in [0.05, 0.1) is 11.5 Å². The molecule has 1 atom stereocenters. The highest BCUT2D eigenvalue weighted by Gasteiger charge is 2.26. The minimum Gasteiger partial charge on any atom is -0.480 e. The van der Waals surface area contributed by atoms with Crippen molar-refractivity contribution in [1.82, 2.24) is 5.32 Å². The van der Waals surface area contributed by atoms with E-state index in [4.69, 9.17) is 5.11 Å². The Morgan fingerprint density at radius 3 is 2.45 bits per heavy atom. The molecule has 1 aromatic carbocycles. The van der Waals surface area contributed by atoms with Crippen LogP contribution in [0, 0.1) is 5.82 Å². The summed E-state index contributed by atoms with van der Waals surface area (Å²) < 4.78 is 37.1. The summed E-state index contributed by atoms with van der Waals surface area (Å²) in [7, 11) is -3.88. The summed E-state index contributed by atoms with van der Waals surface area (Å²) in [5.74, 6) is -4.21. The second kappa shape index (κ2) is 6.47. The van der Waals surface area contributed by atoms with Gasteiger partial charge in [0.2, 0.25) is 5.91 Å². The molecule has 0 aliphatic carbocycles. The average molecular weight is 303 g/mol. The number of hydrogen-bond donors (Lipinski definition) is 2. The first-order valence-electron chi connectivity index (χ1n) is 5.65. The summed E-state index contributed by atoms with van der Waals surface area (Å²) in [6.45, 7) is 1.08. The number of carboxylic acids is 1. The van der Waals surface area contributed by atoms with E-state index in [1.165, 1.54) is 18.2 Å². The van der Waals surface area contributed by atoms with Gasteiger partial charge in [-0.15, -0.1) is 0 Å². The monoisotopic (exact) mass is 303 g/mol. The van der Waals surface area contributed by atoms with Crippen molar-refractivity contribution < 1.29 is 27.5 Å². The molecular weight excluding hydrogens is 289 g/mol. The van der Waals surface area contributed by atoms with E-state index in [-0.39, 0.29) is 5.56 Å². The molecule has 1 unspecified atom stereocenters. The van der Waals surface area contributed by atoms with Crippen LogP contribution in [0.15, 0.2) is 24.3 Å². The van der Waals surface area contributed by atoms with E-state index in [1.807, 2.05) is 5.32 Å². The number of halogens is 1. The van der Waals surface area contributed by atoms with Crippen LogP contribution in [0.25, 0.3) is 0 Å². The van der Waals surface area contributed by atoms with Gasteiger partial charge in [-0.05, 0) is 6.07 Å². The molecule has 0 saturated heterocycles. The van der Waals surface area contributed by atoms with Crippen LogP contribution in [-0.2, 0) is 25.2 Å². The molecule has 110 valence electrons. The van der Waals surface area contributed by atoms with Gasteiger partial charge < -0.3 is 10.4 Å². The number of hydrogen-bond acceptors (Lipinski definition) is 4. The van der Waals surface area contributed by atoms with Crippen molar-refractivity contribution in [3.8, 4) is 0 Å². The Labute approximate surface area is 115 Å². The topological polar surface area (TPSA) is 101 Å². The Balaban J connectivity index is 2.86. The second-order valence-corrected chi connectivity index (χ2v) is 6.35. The highest BCUT2D eigenvalue weighted by molar-refractivity contribution is 7.90. The van der Waals surface area contributed by atoms with Crippen molar-refractivity contribution in [2.75, 3.05) is 5.75 Å². The number of aliphatic carboxylic acids is 1. The summed E-state index contributed by atoms with van der Waals surface area (Å²) in [6.07, 6.45) is 0. The number of sulfone groups is 1. The molecule has 0 aliphatic rings. The van der Waals surface area contributed by atoms with E-state index in [2.05, 4.69) is 0 Å². The molecule has 0 bridgehead atoms. The van der Waals surface area contributed by atoms with E-state index in [9.17, 15) is 22.4 Å². The van der Waals surface area contributed by atoms with Crippen LogP contribution in [-0.4, -0.2) is 37.2 Å². The molecular formula is C12H14FNO5S. The normalized spacial score (nSPS) is 12.7. The summed E-state index contributed by atoms with van der Waals surface area (Å²) in [6, 6.07) is 3.78. The van der Waals surface area contributed by atoms with Crippen LogP contribution in [0.4, 0.5) is 4.39 Å². The Morgan fingerprint density at radius 2 is 1.95 bits per heavy atom. The van der Waals surface area contributed by atoms with E-state index in [1.54, 1.807) is 0 Å². The molecule has 0 heterocycles. The first kappa shape index (κ1) is 16.1. The van der Waals surface area contributed by atoms with Gasteiger partial charge in [-0.25, -0.2) is 17.6 Å². The number of nitrogens with one attached hydrogen (secondary N) is 1. The third-order valence-electron chi connectivity index (χ3n) is 2.43. The maximum absolute atomic E-state index is 13.4. The lowest BCUT2D eigenvalue weighted by molar-refractivity contribution is -0.140. The molecule has 2 N–H and O–H groups in total. The van der Waals surface area contributed by atoms with Crippen molar-refractivity contribution in [3.63, 3.8) is 0 Å². The molecule has 1 aromatic rings. The molecule has 1 rings (SSSR count). The van der Waals surface area contributed by atoms with Crippen LogP contribution in [0.2, 0.25) is 0 Å². The number of carboxylic acid groups (broad SMARTS) is 1.